The molecule has 1 heterocycles. The highest BCUT2D eigenvalue weighted by Crippen LogP contribution is 2.79. The lowest BCUT2D eigenvalue weighted by molar-refractivity contribution is -0.287. The second-order valence-corrected chi connectivity index (χ2v) is 15.0. The third-order valence-electron chi connectivity index (χ3n) is 13.8. The van der Waals surface area contributed by atoms with Crippen molar-refractivity contribution in [2.24, 2.45) is 56.7 Å². The molecule has 0 aromatic carbocycles. The number of hydrogen-bond donors (Lipinski definition) is 3. The average molecular weight is 487 g/mol. The molecule has 0 aromatic rings. The molecule has 6 rings (SSSR count). The van der Waals surface area contributed by atoms with E-state index in [1.54, 1.807) is 0 Å². The molecular weight excluding hydrogens is 440 g/mol. The Morgan fingerprint density at radius 1 is 1.00 bits per heavy atom. The maximum absolute atomic E-state index is 13.7. The molecule has 1 aliphatic heterocycles. The van der Waals surface area contributed by atoms with Gasteiger partial charge in [-0.3, -0.25) is 4.79 Å². The van der Waals surface area contributed by atoms with E-state index in [-0.39, 0.29) is 29.1 Å². The molecule has 2 bridgehead atoms. The van der Waals surface area contributed by atoms with E-state index >= 15 is 0 Å². The molecule has 0 aromatic heterocycles. The topological polar surface area (TPSA) is 87.0 Å². The van der Waals surface area contributed by atoms with Gasteiger partial charge < -0.3 is 20.1 Å². The van der Waals surface area contributed by atoms with Crippen LogP contribution in [0.25, 0.3) is 0 Å². The fraction of sp³-hybridized carbons (Fsp3) is 0.900. The summed E-state index contributed by atoms with van der Waals surface area (Å²) >= 11 is 0. The summed E-state index contributed by atoms with van der Waals surface area (Å²) in [6.07, 6.45) is 7.14. The monoisotopic (exact) mass is 486 g/mol. The number of carbonyl (C=O) groups is 1. The van der Waals surface area contributed by atoms with Crippen LogP contribution in [0.15, 0.2) is 12.2 Å². The highest BCUT2D eigenvalue weighted by Gasteiger charge is 2.82. The van der Waals surface area contributed by atoms with E-state index < -0.39 is 45.6 Å². The van der Waals surface area contributed by atoms with Crippen molar-refractivity contribution in [2.45, 2.75) is 111 Å². The fourth-order valence-corrected chi connectivity index (χ4v) is 11.5. The van der Waals surface area contributed by atoms with Gasteiger partial charge in [0.25, 0.3) is 0 Å². The Balaban J connectivity index is 1.55. The van der Waals surface area contributed by atoms with Gasteiger partial charge >= 0.3 is 5.97 Å². The molecule has 13 atom stereocenters. The number of hydrogen-bond acceptors (Lipinski definition) is 5. The van der Waals surface area contributed by atoms with Gasteiger partial charge in [0.15, 0.2) is 0 Å². The summed E-state index contributed by atoms with van der Waals surface area (Å²) in [5, 5.41) is 34.0. The van der Waals surface area contributed by atoms with Crippen LogP contribution in [-0.4, -0.2) is 45.2 Å². The van der Waals surface area contributed by atoms with E-state index in [0.717, 1.165) is 25.7 Å². The molecule has 0 amide bonds. The molecule has 196 valence electrons. The lowest BCUT2D eigenvalue weighted by Crippen LogP contribution is -2.75. The Morgan fingerprint density at radius 3 is 2.37 bits per heavy atom. The van der Waals surface area contributed by atoms with Crippen LogP contribution >= 0.6 is 0 Å². The molecule has 6 aliphatic rings. The summed E-state index contributed by atoms with van der Waals surface area (Å²) in [5.74, 6) is 1.12. The number of fused-ring (bicyclic) bond motifs is 4. The summed E-state index contributed by atoms with van der Waals surface area (Å²) in [4.78, 5) is 13.7. The second kappa shape index (κ2) is 6.74. The third kappa shape index (κ3) is 2.37. The van der Waals surface area contributed by atoms with Gasteiger partial charge in [-0.1, -0.05) is 54.5 Å². The molecule has 4 saturated carbocycles. The zero-order chi connectivity index (χ0) is 25.6. The lowest BCUT2D eigenvalue weighted by Gasteiger charge is -2.73. The minimum atomic E-state index is -0.803. The summed E-state index contributed by atoms with van der Waals surface area (Å²) in [5.41, 5.74) is -2.80. The second-order valence-electron chi connectivity index (χ2n) is 15.0. The molecule has 5 aliphatic carbocycles. The first-order valence-electron chi connectivity index (χ1n) is 14.1. The van der Waals surface area contributed by atoms with Crippen molar-refractivity contribution in [3.8, 4) is 0 Å². The maximum atomic E-state index is 13.7. The van der Waals surface area contributed by atoms with Crippen LogP contribution in [0.2, 0.25) is 0 Å². The standard InChI is InChI=1S/C30H46O5/c1-16-8-10-29-13-12-27(6)28(7)19(9-11-30(27,35-24(29)34)22(29)17(16)2)26(5)15-18(31)23(33)25(3,4)20(26)14-21(28)32/h9,11,16-23,31-33H,8,10,12-15H2,1-7H3/t16-,17+,18-,19-,20+,21+,22-,23+,26-,27+,28+,29+,30+/m1/s1. The zero-order valence-electron chi connectivity index (χ0n) is 22.7. The van der Waals surface area contributed by atoms with Crippen LogP contribution in [0.5, 0.6) is 0 Å². The molecular formula is C30H46O5. The molecule has 35 heavy (non-hydrogen) atoms. The van der Waals surface area contributed by atoms with Gasteiger partial charge in [0.05, 0.1) is 23.7 Å². The summed E-state index contributed by atoms with van der Waals surface area (Å²) in [7, 11) is 0. The lowest BCUT2D eigenvalue weighted by atomic mass is 9.31. The molecule has 5 heteroatoms. The van der Waals surface area contributed by atoms with Crippen molar-refractivity contribution in [3.63, 3.8) is 0 Å². The van der Waals surface area contributed by atoms with Crippen molar-refractivity contribution in [1.29, 1.82) is 0 Å². The summed E-state index contributed by atoms with van der Waals surface area (Å²) < 4.78 is 6.62. The van der Waals surface area contributed by atoms with Gasteiger partial charge in [0.2, 0.25) is 0 Å². The normalized spacial score (nSPS) is 62.3. The number of aliphatic hydroxyl groups is 3. The number of aliphatic hydroxyl groups excluding tert-OH is 3. The largest absolute Gasteiger partial charge is 0.453 e. The highest BCUT2D eigenvalue weighted by molar-refractivity contribution is 5.82. The van der Waals surface area contributed by atoms with Crippen molar-refractivity contribution in [1.82, 2.24) is 0 Å². The van der Waals surface area contributed by atoms with Crippen LogP contribution in [0.3, 0.4) is 0 Å². The van der Waals surface area contributed by atoms with Crippen LogP contribution in [-0.2, 0) is 9.53 Å². The molecule has 0 radical (unpaired) electrons. The number of ether oxygens (including phenoxy) is 1. The molecule has 1 spiro atoms. The Kier molecular flexibility index (Phi) is 4.71. The van der Waals surface area contributed by atoms with Crippen LogP contribution in [0.4, 0.5) is 0 Å². The molecule has 5 nitrogen and oxygen atoms in total. The van der Waals surface area contributed by atoms with Crippen molar-refractivity contribution >= 4 is 5.97 Å². The minimum absolute atomic E-state index is 0.0107. The first-order chi connectivity index (χ1) is 16.1. The highest BCUT2D eigenvalue weighted by atomic mass is 16.6. The maximum Gasteiger partial charge on any atom is 0.313 e. The van der Waals surface area contributed by atoms with E-state index in [1.807, 2.05) is 13.8 Å². The number of carbonyl (C=O) groups excluding carboxylic acids is 1. The predicted molar refractivity (Wildman–Crippen MR) is 133 cm³/mol. The van der Waals surface area contributed by atoms with Crippen molar-refractivity contribution in [3.05, 3.63) is 12.2 Å². The number of esters is 1. The van der Waals surface area contributed by atoms with E-state index in [9.17, 15) is 20.1 Å². The first-order valence-corrected chi connectivity index (χ1v) is 14.1. The third-order valence-corrected chi connectivity index (χ3v) is 13.8. The Morgan fingerprint density at radius 2 is 1.69 bits per heavy atom. The Bertz CT molecular complexity index is 989. The van der Waals surface area contributed by atoms with Gasteiger partial charge in [-0.2, -0.15) is 0 Å². The minimum Gasteiger partial charge on any atom is -0.453 e. The quantitative estimate of drug-likeness (QED) is 0.347. The zero-order valence-corrected chi connectivity index (χ0v) is 22.7. The van der Waals surface area contributed by atoms with Crippen LogP contribution in [0, 0.1) is 56.7 Å². The van der Waals surface area contributed by atoms with Crippen molar-refractivity contribution < 1.29 is 24.9 Å². The molecule has 5 fully saturated rings. The van der Waals surface area contributed by atoms with Crippen LogP contribution in [0.1, 0.15) is 87.0 Å². The fourth-order valence-electron chi connectivity index (χ4n) is 11.5. The Hall–Kier alpha value is -0.910. The molecule has 0 unspecified atom stereocenters. The van der Waals surface area contributed by atoms with Gasteiger partial charge in [-0.25, -0.2) is 0 Å². The number of allylic oxidation sites excluding steroid dienone is 1. The molecule has 1 saturated heterocycles. The summed E-state index contributed by atoms with van der Waals surface area (Å²) in [6.45, 7) is 15.5. The predicted octanol–water partition coefficient (Wildman–Crippen LogP) is 4.48. The van der Waals surface area contributed by atoms with Crippen molar-refractivity contribution in [2.75, 3.05) is 0 Å². The van der Waals surface area contributed by atoms with E-state index in [1.165, 1.54) is 0 Å². The first kappa shape index (κ1) is 24.4. The van der Waals surface area contributed by atoms with E-state index in [0.29, 0.717) is 24.7 Å². The van der Waals surface area contributed by atoms with Crippen LogP contribution < -0.4 is 0 Å². The number of rotatable bonds is 0. The average Bonchev–Trinajstić information content (AvgIpc) is 2.98. The van der Waals surface area contributed by atoms with E-state index in [2.05, 4.69) is 46.8 Å². The van der Waals surface area contributed by atoms with Gasteiger partial charge in [0, 0.05) is 16.7 Å². The van der Waals surface area contributed by atoms with Gasteiger partial charge in [-0.15, -0.1) is 0 Å². The summed E-state index contributed by atoms with van der Waals surface area (Å²) in [6, 6.07) is 0. The van der Waals surface area contributed by atoms with Gasteiger partial charge in [-0.05, 0) is 79.1 Å². The Labute approximate surface area is 210 Å². The SMILES string of the molecule is C[C@H]1[C@H](C)CC[C@@]23CC[C@@]4(C)[C@@]5(C)[C@H](C=C[C@]4(OC2=O)[C@H]13)[C@@]1(C)C[C@@H](O)[C@H](O)C(C)(C)[C@@H]1C[C@@H]5O. The molecule has 3 N–H and O–H groups in total. The van der Waals surface area contributed by atoms with E-state index in [4.69, 9.17) is 4.74 Å². The van der Waals surface area contributed by atoms with Gasteiger partial charge in [0.1, 0.15) is 5.60 Å². The smallest absolute Gasteiger partial charge is 0.313 e.